The van der Waals surface area contributed by atoms with Crippen LogP contribution in [0, 0.1) is 5.92 Å². The topological polar surface area (TPSA) is 58.6 Å². The van der Waals surface area contributed by atoms with Crippen LogP contribution < -0.4 is 5.32 Å². The first-order chi connectivity index (χ1) is 11.3. The fourth-order valence-corrected chi connectivity index (χ4v) is 3.77. The number of anilines is 1. The summed E-state index contributed by atoms with van der Waals surface area (Å²) in [5.74, 6) is -3.10. The summed E-state index contributed by atoms with van der Waals surface area (Å²) in [4.78, 5) is 1.93. The van der Waals surface area contributed by atoms with E-state index < -0.39 is 15.6 Å². The second kappa shape index (κ2) is 8.22. The van der Waals surface area contributed by atoms with Crippen LogP contribution in [-0.4, -0.2) is 58.0 Å². The zero-order chi connectivity index (χ0) is 17.7. The van der Waals surface area contributed by atoms with E-state index >= 15 is 0 Å². The van der Waals surface area contributed by atoms with Crippen molar-refractivity contribution in [3.05, 3.63) is 24.3 Å². The van der Waals surface area contributed by atoms with E-state index in [1.54, 1.807) is 6.07 Å². The number of nitrogens with one attached hydrogen (secondary N) is 1. The molecule has 1 N–H and O–H groups in total. The van der Waals surface area contributed by atoms with Gasteiger partial charge in [-0.15, -0.1) is 0 Å². The van der Waals surface area contributed by atoms with Crippen molar-refractivity contribution in [2.45, 2.75) is 30.5 Å². The van der Waals surface area contributed by atoms with Crippen LogP contribution in [0.2, 0.25) is 0 Å². The van der Waals surface area contributed by atoms with E-state index in [1.165, 1.54) is 18.2 Å². The lowest BCUT2D eigenvalue weighted by atomic mass is 10.0. The number of nitrogens with zero attached hydrogens (tertiary/aromatic N) is 1. The third-order valence-electron chi connectivity index (χ3n) is 4.21. The molecule has 1 aliphatic rings. The predicted octanol–water partition coefficient (Wildman–Crippen LogP) is 2.45. The Hall–Kier alpha value is -1.25. The van der Waals surface area contributed by atoms with E-state index in [2.05, 4.69) is 24.1 Å². The number of ether oxygens (including phenoxy) is 1. The van der Waals surface area contributed by atoms with Gasteiger partial charge in [-0.1, -0.05) is 26.0 Å². The second-order valence-electron chi connectivity index (χ2n) is 6.14. The van der Waals surface area contributed by atoms with E-state index in [4.69, 9.17) is 4.74 Å². The molecule has 0 bridgehead atoms. The highest BCUT2D eigenvalue weighted by atomic mass is 32.2. The lowest BCUT2D eigenvalue weighted by Gasteiger charge is -2.37. The fraction of sp³-hybridized carbons (Fsp3) is 0.625. The maximum absolute atomic E-state index is 12.9. The van der Waals surface area contributed by atoms with Gasteiger partial charge in [0.05, 0.1) is 23.8 Å². The molecule has 1 aromatic rings. The summed E-state index contributed by atoms with van der Waals surface area (Å²) in [6, 6.07) is 5.97. The minimum atomic E-state index is -4.63. The maximum atomic E-state index is 12.9. The van der Waals surface area contributed by atoms with Crippen molar-refractivity contribution in [3.63, 3.8) is 0 Å². The van der Waals surface area contributed by atoms with E-state index in [0.29, 0.717) is 25.7 Å². The molecule has 0 radical (unpaired) electrons. The molecule has 1 fully saturated rings. The molecule has 1 unspecified atom stereocenters. The average molecular weight is 362 g/mol. The molecule has 0 aliphatic carbocycles. The van der Waals surface area contributed by atoms with Gasteiger partial charge in [-0.3, -0.25) is 4.90 Å². The van der Waals surface area contributed by atoms with Crippen LogP contribution in [0.3, 0.4) is 0 Å². The molecule has 5 nitrogen and oxygen atoms in total. The molecule has 8 heteroatoms. The first kappa shape index (κ1) is 19.1. The van der Waals surface area contributed by atoms with Crippen molar-refractivity contribution in [3.8, 4) is 0 Å². The molecule has 136 valence electrons. The van der Waals surface area contributed by atoms with Gasteiger partial charge in [-0.05, 0) is 18.1 Å². The van der Waals surface area contributed by atoms with Gasteiger partial charge < -0.3 is 10.1 Å². The SMILES string of the molecule is CC(C)C(CNc1ccccc1S(=O)(=O)C(F)F)N1CCOCC1. The number of hydrogen-bond acceptors (Lipinski definition) is 5. The number of hydrogen-bond donors (Lipinski definition) is 1. The minimum Gasteiger partial charge on any atom is -0.382 e. The maximum Gasteiger partial charge on any atom is 0.341 e. The van der Waals surface area contributed by atoms with Crippen molar-refractivity contribution in [2.24, 2.45) is 5.92 Å². The number of alkyl halides is 2. The Labute approximate surface area is 141 Å². The van der Waals surface area contributed by atoms with Crippen molar-refractivity contribution >= 4 is 15.5 Å². The van der Waals surface area contributed by atoms with Crippen LogP contribution in [0.5, 0.6) is 0 Å². The summed E-state index contributed by atoms with van der Waals surface area (Å²) in [5.41, 5.74) is 0.219. The summed E-state index contributed by atoms with van der Waals surface area (Å²) in [7, 11) is -4.63. The Bertz CT molecular complexity index is 632. The minimum absolute atomic E-state index is 0.163. The molecule has 1 saturated heterocycles. The molecule has 1 heterocycles. The van der Waals surface area contributed by atoms with Gasteiger partial charge in [0, 0.05) is 25.7 Å². The third kappa shape index (κ3) is 4.43. The van der Waals surface area contributed by atoms with Crippen molar-refractivity contribution < 1.29 is 21.9 Å². The van der Waals surface area contributed by atoms with Gasteiger partial charge in [0.25, 0.3) is 0 Å². The number of benzene rings is 1. The Kier molecular flexibility index (Phi) is 6.54. The monoisotopic (exact) mass is 362 g/mol. The summed E-state index contributed by atoms with van der Waals surface area (Å²) in [6.07, 6.45) is 0. The van der Waals surface area contributed by atoms with Crippen LogP contribution in [0.25, 0.3) is 0 Å². The summed E-state index contributed by atoms with van der Waals surface area (Å²) < 4.78 is 54.7. The molecule has 1 aliphatic heterocycles. The van der Waals surface area contributed by atoms with Gasteiger partial charge in [0.1, 0.15) is 0 Å². The zero-order valence-electron chi connectivity index (χ0n) is 13.9. The summed E-state index contributed by atoms with van der Waals surface area (Å²) >= 11 is 0. The molecule has 1 atom stereocenters. The molecule has 1 aromatic carbocycles. The number of halogens is 2. The van der Waals surface area contributed by atoms with E-state index in [0.717, 1.165) is 13.1 Å². The van der Waals surface area contributed by atoms with Crippen LogP contribution in [0.4, 0.5) is 14.5 Å². The average Bonchev–Trinajstić information content (AvgIpc) is 2.56. The Morgan fingerprint density at radius 2 is 1.83 bits per heavy atom. The summed E-state index contributed by atoms with van der Waals surface area (Å²) in [6.45, 7) is 7.60. The number of sulfone groups is 1. The molecule has 24 heavy (non-hydrogen) atoms. The lowest BCUT2D eigenvalue weighted by Crippen LogP contribution is -2.49. The molecular weight excluding hydrogens is 338 g/mol. The summed E-state index contributed by atoms with van der Waals surface area (Å²) in [5, 5.41) is 3.06. The highest BCUT2D eigenvalue weighted by molar-refractivity contribution is 7.91. The standard InChI is InChI=1S/C16H24F2N2O3S/c1-12(2)14(20-7-9-23-10-8-20)11-19-13-5-3-4-6-15(13)24(21,22)16(17)18/h3-6,12,14,16,19H,7-11H2,1-2H3. The highest BCUT2D eigenvalue weighted by Crippen LogP contribution is 2.26. The highest BCUT2D eigenvalue weighted by Gasteiger charge is 2.30. The largest absolute Gasteiger partial charge is 0.382 e. The van der Waals surface area contributed by atoms with Crippen LogP contribution in [-0.2, 0) is 14.6 Å². The van der Waals surface area contributed by atoms with Crippen molar-refractivity contribution in [1.82, 2.24) is 4.90 Å². The second-order valence-corrected chi connectivity index (χ2v) is 8.03. The zero-order valence-corrected chi connectivity index (χ0v) is 14.7. The Balaban J connectivity index is 2.15. The normalized spacial score (nSPS) is 18.1. The Morgan fingerprint density at radius 1 is 1.21 bits per heavy atom. The molecule has 0 spiro atoms. The van der Waals surface area contributed by atoms with E-state index in [9.17, 15) is 17.2 Å². The van der Waals surface area contributed by atoms with Gasteiger partial charge in [-0.25, -0.2) is 8.42 Å². The van der Waals surface area contributed by atoms with E-state index in [1.807, 2.05) is 0 Å². The molecule has 0 amide bonds. The van der Waals surface area contributed by atoms with Gasteiger partial charge in [-0.2, -0.15) is 8.78 Å². The van der Waals surface area contributed by atoms with E-state index in [-0.39, 0.29) is 16.6 Å². The van der Waals surface area contributed by atoms with Crippen LogP contribution >= 0.6 is 0 Å². The lowest BCUT2D eigenvalue weighted by molar-refractivity contribution is 0.00954. The first-order valence-electron chi connectivity index (χ1n) is 8.00. The predicted molar refractivity (Wildman–Crippen MR) is 89.1 cm³/mol. The van der Waals surface area contributed by atoms with Gasteiger partial charge >= 0.3 is 5.76 Å². The van der Waals surface area contributed by atoms with Gasteiger partial charge in [0.15, 0.2) is 0 Å². The molecular formula is C16H24F2N2O3S. The number of morpholine rings is 1. The number of rotatable bonds is 7. The molecule has 0 saturated carbocycles. The fourth-order valence-electron chi connectivity index (χ4n) is 2.87. The van der Waals surface area contributed by atoms with Crippen LogP contribution in [0.1, 0.15) is 13.8 Å². The van der Waals surface area contributed by atoms with Crippen LogP contribution in [0.15, 0.2) is 29.2 Å². The molecule has 2 rings (SSSR count). The Morgan fingerprint density at radius 3 is 2.42 bits per heavy atom. The first-order valence-corrected chi connectivity index (χ1v) is 9.55. The smallest absolute Gasteiger partial charge is 0.341 e. The third-order valence-corrected chi connectivity index (χ3v) is 5.65. The molecule has 0 aromatic heterocycles. The van der Waals surface area contributed by atoms with Gasteiger partial charge in [0.2, 0.25) is 9.84 Å². The van der Waals surface area contributed by atoms with Crippen molar-refractivity contribution in [2.75, 3.05) is 38.2 Å². The van der Waals surface area contributed by atoms with Crippen molar-refractivity contribution in [1.29, 1.82) is 0 Å². The quantitative estimate of drug-likeness (QED) is 0.807. The number of para-hydroxylation sites is 1.